The summed E-state index contributed by atoms with van der Waals surface area (Å²) in [5.74, 6) is -1.36. The molecular formula is C14H19Cl2N3O2. The number of likely N-dealkylation sites (N-methyl/N-ethyl adjacent to an activating group) is 2. The maximum absolute atomic E-state index is 11.9. The van der Waals surface area contributed by atoms with Gasteiger partial charge >= 0.3 is 11.8 Å². The molecule has 21 heavy (non-hydrogen) atoms. The molecule has 0 aliphatic heterocycles. The van der Waals surface area contributed by atoms with E-state index in [2.05, 4.69) is 5.32 Å². The zero-order chi connectivity index (χ0) is 16.2. The molecule has 0 saturated carbocycles. The number of nitrogens with zero attached hydrogens (tertiary/aromatic N) is 2. The topological polar surface area (TPSA) is 52.7 Å². The van der Waals surface area contributed by atoms with Gasteiger partial charge in [0.1, 0.15) is 0 Å². The fourth-order valence-electron chi connectivity index (χ4n) is 1.54. The summed E-state index contributed by atoms with van der Waals surface area (Å²) in [6, 6.07) is 3.17. The Morgan fingerprint density at radius 3 is 2.29 bits per heavy atom. The van der Waals surface area contributed by atoms with E-state index in [4.69, 9.17) is 23.2 Å². The third-order valence-corrected chi connectivity index (χ3v) is 3.64. The highest BCUT2D eigenvalue weighted by Gasteiger charge is 2.20. The molecule has 0 bridgehead atoms. The molecule has 7 heteroatoms. The highest BCUT2D eigenvalue weighted by Crippen LogP contribution is 2.28. The van der Waals surface area contributed by atoms with E-state index in [9.17, 15) is 9.59 Å². The summed E-state index contributed by atoms with van der Waals surface area (Å²) in [5, 5.41) is 3.30. The van der Waals surface area contributed by atoms with Gasteiger partial charge in [0.05, 0.1) is 10.7 Å². The number of hydrogen-bond acceptors (Lipinski definition) is 3. The van der Waals surface area contributed by atoms with Gasteiger partial charge in [-0.25, -0.2) is 0 Å². The molecule has 0 aromatic heterocycles. The van der Waals surface area contributed by atoms with Gasteiger partial charge in [0, 0.05) is 25.2 Å². The SMILES string of the molecule is Cc1cc(Cl)c(NC(=O)C(=O)N(C)CCN(C)C)cc1Cl. The molecule has 0 heterocycles. The summed E-state index contributed by atoms with van der Waals surface area (Å²) in [7, 11) is 5.37. The average molecular weight is 332 g/mol. The highest BCUT2D eigenvalue weighted by atomic mass is 35.5. The highest BCUT2D eigenvalue weighted by molar-refractivity contribution is 6.42. The normalized spacial score (nSPS) is 10.6. The first kappa shape index (κ1) is 17.8. The van der Waals surface area contributed by atoms with Crippen LogP contribution >= 0.6 is 23.2 Å². The molecule has 1 N–H and O–H groups in total. The van der Waals surface area contributed by atoms with E-state index >= 15 is 0 Å². The van der Waals surface area contributed by atoms with Crippen molar-refractivity contribution in [1.29, 1.82) is 0 Å². The van der Waals surface area contributed by atoms with Crippen LogP contribution in [0.2, 0.25) is 10.0 Å². The van der Waals surface area contributed by atoms with Gasteiger partial charge in [0.2, 0.25) is 0 Å². The van der Waals surface area contributed by atoms with Crippen molar-refractivity contribution in [3.05, 3.63) is 27.7 Å². The van der Waals surface area contributed by atoms with Crippen molar-refractivity contribution in [3.63, 3.8) is 0 Å². The molecule has 5 nitrogen and oxygen atoms in total. The molecule has 0 aliphatic rings. The van der Waals surface area contributed by atoms with E-state index in [1.54, 1.807) is 20.0 Å². The Morgan fingerprint density at radius 1 is 1.10 bits per heavy atom. The molecule has 1 aromatic rings. The minimum atomic E-state index is -0.738. The molecule has 0 radical (unpaired) electrons. The molecule has 0 aliphatic carbocycles. The van der Waals surface area contributed by atoms with Crippen molar-refractivity contribution in [2.75, 3.05) is 39.5 Å². The van der Waals surface area contributed by atoms with Crippen LogP contribution in [0.4, 0.5) is 5.69 Å². The lowest BCUT2D eigenvalue weighted by atomic mass is 10.2. The number of carbonyl (C=O) groups excluding carboxylic acids is 2. The van der Waals surface area contributed by atoms with Crippen molar-refractivity contribution < 1.29 is 9.59 Å². The van der Waals surface area contributed by atoms with E-state index in [1.807, 2.05) is 19.0 Å². The lowest BCUT2D eigenvalue weighted by Crippen LogP contribution is -2.40. The van der Waals surface area contributed by atoms with E-state index in [0.29, 0.717) is 28.8 Å². The van der Waals surface area contributed by atoms with Crippen LogP contribution < -0.4 is 5.32 Å². The molecule has 1 aromatic carbocycles. The molecule has 0 spiro atoms. The van der Waals surface area contributed by atoms with Gasteiger partial charge < -0.3 is 15.1 Å². The van der Waals surface area contributed by atoms with Gasteiger partial charge in [-0.1, -0.05) is 23.2 Å². The van der Waals surface area contributed by atoms with Crippen LogP contribution in [0, 0.1) is 6.92 Å². The van der Waals surface area contributed by atoms with Gasteiger partial charge in [-0.15, -0.1) is 0 Å². The lowest BCUT2D eigenvalue weighted by molar-refractivity contribution is -0.142. The van der Waals surface area contributed by atoms with Crippen molar-refractivity contribution >= 4 is 40.7 Å². The van der Waals surface area contributed by atoms with Crippen molar-refractivity contribution in [1.82, 2.24) is 9.80 Å². The van der Waals surface area contributed by atoms with Crippen LogP contribution in [0.3, 0.4) is 0 Å². The Kier molecular flexibility index (Phi) is 6.45. The second-order valence-corrected chi connectivity index (χ2v) is 5.88. The molecule has 2 amide bonds. The summed E-state index contributed by atoms with van der Waals surface area (Å²) in [6.45, 7) is 2.94. The number of rotatable bonds is 4. The summed E-state index contributed by atoms with van der Waals surface area (Å²) in [4.78, 5) is 27.2. The van der Waals surface area contributed by atoms with Gasteiger partial charge in [-0.3, -0.25) is 9.59 Å². The van der Waals surface area contributed by atoms with E-state index in [0.717, 1.165) is 5.56 Å². The number of amides is 2. The van der Waals surface area contributed by atoms with Crippen molar-refractivity contribution in [3.8, 4) is 0 Å². The predicted molar refractivity (Wildman–Crippen MR) is 86.0 cm³/mol. The lowest BCUT2D eigenvalue weighted by Gasteiger charge is -2.19. The maximum Gasteiger partial charge on any atom is 0.313 e. The van der Waals surface area contributed by atoms with E-state index in [-0.39, 0.29) is 0 Å². The number of benzene rings is 1. The second kappa shape index (κ2) is 7.64. The van der Waals surface area contributed by atoms with Crippen LogP contribution in [0.15, 0.2) is 12.1 Å². The zero-order valence-electron chi connectivity index (χ0n) is 12.5. The monoisotopic (exact) mass is 331 g/mol. The first-order chi connectivity index (χ1) is 9.72. The van der Waals surface area contributed by atoms with Crippen LogP contribution in [-0.4, -0.2) is 55.8 Å². The summed E-state index contributed by atoms with van der Waals surface area (Å²) in [5.41, 5.74) is 1.13. The van der Waals surface area contributed by atoms with Gasteiger partial charge in [-0.05, 0) is 38.7 Å². The molecule has 0 atom stereocenters. The number of aryl methyl sites for hydroxylation is 1. The van der Waals surface area contributed by atoms with Gasteiger partial charge in [-0.2, -0.15) is 0 Å². The largest absolute Gasteiger partial charge is 0.336 e. The van der Waals surface area contributed by atoms with Crippen molar-refractivity contribution in [2.24, 2.45) is 0 Å². The van der Waals surface area contributed by atoms with E-state index < -0.39 is 11.8 Å². The van der Waals surface area contributed by atoms with Crippen LogP contribution in [0.25, 0.3) is 0 Å². The Morgan fingerprint density at radius 2 is 1.71 bits per heavy atom. The molecular weight excluding hydrogens is 313 g/mol. The van der Waals surface area contributed by atoms with Gasteiger partial charge in [0.25, 0.3) is 0 Å². The molecule has 116 valence electrons. The molecule has 0 saturated heterocycles. The van der Waals surface area contributed by atoms with Crippen LogP contribution in [0.5, 0.6) is 0 Å². The minimum Gasteiger partial charge on any atom is -0.336 e. The van der Waals surface area contributed by atoms with Crippen LogP contribution in [-0.2, 0) is 9.59 Å². The first-order valence-electron chi connectivity index (χ1n) is 6.39. The third kappa shape index (κ3) is 5.19. The zero-order valence-corrected chi connectivity index (χ0v) is 14.0. The molecule has 1 rings (SSSR count). The Labute approximate surface area is 134 Å². The molecule has 0 fully saturated rings. The molecule has 0 unspecified atom stereocenters. The van der Waals surface area contributed by atoms with Crippen molar-refractivity contribution in [2.45, 2.75) is 6.92 Å². The maximum atomic E-state index is 11.9. The fraction of sp³-hybridized carbons (Fsp3) is 0.429. The predicted octanol–water partition coefficient (Wildman–Crippen LogP) is 2.26. The smallest absolute Gasteiger partial charge is 0.313 e. The minimum absolute atomic E-state index is 0.326. The van der Waals surface area contributed by atoms with Crippen LogP contribution in [0.1, 0.15) is 5.56 Å². The number of anilines is 1. The van der Waals surface area contributed by atoms with E-state index in [1.165, 1.54) is 11.0 Å². The Bertz CT molecular complexity index is 547. The average Bonchev–Trinajstić information content (AvgIpc) is 2.41. The number of nitrogens with one attached hydrogen (secondary N) is 1. The number of carbonyl (C=O) groups is 2. The van der Waals surface area contributed by atoms with Gasteiger partial charge in [0.15, 0.2) is 0 Å². The Balaban J connectivity index is 2.72. The quantitative estimate of drug-likeness (QED) is 0.861. The Hall–Kier alpha value is -1.30. The number of halogens is 2. The fourth-order valence-corrected chi connectivity index (χ4v) is 1.97. The first-order valence-corrected chi connectivity index (χ1v) is 7.14. The number of hydrogen-bond donors (Lipinski definition) is 1. The second-order valence-electron chi connectivity index (χ2n) is 5.07. The summed E-state index contributed by atoms with van der Waals surface area (Å²) in [6.07, 6.45) is 0. The summed E-state index contributed by atoms with van der Waals surface area (Å²) >= 11 is 12.0. The summed E-state index contributed by atoms with van der Waals surface area (Å²) < 4.78 is 0. The third-order valence-electron chi connectivity index (χ3n) is 2.92. The standard InChI is InChI=1S/C14H19Cl2N3O2/c1-9-7-11(16)12(8-10(9)15)17-13(20)14(21)19(4)6-5-18(2)3/h7-8H,5-6H2,1-4H3,(H,17,20).